The van der Waals surface area contributed by atoms with Crippen LogP contribution in [0.1, 0.15) is 12.8 Å². The summed E-state index contributed by atoms with van der Waals surface area (Å²) in [7, 11) is 0. The highest BCUT2D eigenvalue weighted by Gasteiger charge is 2.45. The van der Waals surface area contributed by atoms with Gasteiger partial charge in [0.05, 0.1) is 5.57 Å². The summed E-state index contributed by atoms with van der Waals surface area (Å²) in [4.78, 5) is 35.3. The highest BCUT2D eigenvalue weighted by atomic mass is 16.2. The van der Waals surface area contributed by atoms with E-state index in [4.69, 9.17) is 11.6 Å². The van der Waals surface area contributed by atoms with E-state index < -0.39 is 11.7 Å². The maximum atomic E-state index is 11.7. The third-order valence-electron chi connectivity index (χ3n) is 2.86. The van der Waals surface area contributed by atoms with E-state index in [0.717, 1.165) is 4.90 Å². The molecule has 1 unspecified atom stereocenters. The summed E-state index contributed by atoms with van der Waals surface area (Å²) in [6.45, 7) is 0. The molecule has 2 aliphatic rings. The minimum Gasteiger partial charge on any atom is -0.366 e. The van der Waals surface area contributed by atoms with Crippen LogP contribution in [0.15, 0.2) is 23.9 Å². The van der Waals surface area contributed by atoms with Crippen molar-refractivity contribution in [3.8, 4) is 0 Å². The van der Waals surface area contributed by atoms with Crippen LogP contribution in [0.2, 0.25) is 0 Å². The predicted octanol–water partition coefficient (Wildman–Crippen LogP) is -2.22. The molecule has 8 nitrogen and oxygen atoms in total. The lowest BCUT2D eigenvalue weighted by molar-refractivity contribution is -0.146. The number of likely N-dealkylation sites (tertiary alicyclic amines) is 1. The number of carbonyl (C=O) groups excluding carboxylic acids is 3. The zero-order valence-corrected chi connectivity index (χ0v) is 9.47. The fraction of sp³-hybridized carbons (Fsp3) is 0.300. The van der Waals surface area contributed by atoms with Gasteiger partial charge in [0.15, 0.2) is 0 Å². The molecular weight excluding hydrogens is 238 g/mol. The summed E-state index contributed by atoms with van der Waals surface area (Å²) < 4.78 is 0. The monoisotopic (exact) mass is 251 g/mol. The molecule has 1 fully saturated rings. The van der Waals surface area contributed by atoms with Crippen molar-refractivity contribution in [2.24, 2.45) is 11.6 Å². The van der Waals surface area contributed by atoms with Crippen LogP contribution >= 0.6 is 0 Å². The highest BCUT2D eigenvalue weighted by molar-refractivity contribution is 6.03. The Kier molecular flexibility index (Phi) is 2.89. The number of hydrogen-bond acceptors (Lipinski definition) is 6. The summed E-state index contributed by atoms with van der Waals surface area (Å²) in [5, 5.41) is 2.71. The van der Waals surface area contributed by atoms with Gasteiger partial charge < -0.3 is 11.1 Å². The Morgan fingerprint density at radius 2 is 2.00 bits per heavy atom. The minimum absolute atomic E-state index is 0.143. The number of amides is 3. The van der Waals surface area contributed by atoms with Crippen molar-refractivity contribution in [1.82, 2.24) is 15.6 Å². The molecule has 0 saturated carbocycles. The van der Waals surface area contributed by atoms with Crippen LogP contribution in [-0.4, -0.2) is 28.4 Å². The molecule has 18 heavy (non-hydrogen) atoms. The molecule has 0 aromatic carbocycles. The average molecular weight is 251 g/mol. The summed E-state index contributed by atoms with van der Waals surface area (Å²) >= 11 is 0. The van der Waals surface area contributed by atoms with Gasteiger partial charge in [-0.05, 0) is 12.2 Å². The van der Waals surface area contributed by atoms with E-state index in [2.05, 4.69) is 10.7 Å². The van der Waals surface area contributed by atoms with Crippen molar-refractivity contribution >= 4 is 17.7 Å². The Bertz CT molecular complexity index is 468. The van der Waals surface area contributed by atoms with E-state index in [-0.39, 0.29) is 30.2 Å². The summed E-state index contributed by atoms with van der Waals surface area (Å²) in [6.07, 6.45) is 4.40. The van der Waals surface area contributed by atoms with Crippen LogP contribution in [0.3, 0.4) is 0 Å². The second-order valence-corrected chi connectivity index (χ2v) is 3.98. The maximum Gasteiger partial charge on any atom is 0.250 e. The fourth-order valence-electron chi connectivity index (χ4n) is 1.91. The van der Waals surface area contributed by atoms with Crippen LogP contribution in [-0.2, 0) is 14.4 Å². The molecule has 96 valence electrons. The first-order valence-corrected chi connectivity index (χ1v) is 5.31. The van der Waals surface area contributed by atoms with Gasteiger partial charge in [0.1, 0.15) is 0 Å². The van der Waals surface area contributed by atoms with E-state index in [1.807, 2.05) is 0 Å². The molecular formula is C10H13N5O3. The van der Waals surface area contributed by atoms with Crippen LogP contribution in [0, 0.1) is 0 Å². The van der Waals surface area contributed by atoms with E-state index in [1.165, 1.54) is 18.4 Å². The number of nitrogens with one attached hydrogen (secondary N) is 2. The summed E-state index contributed by atoms with van der Waals surface area (Å²) in [5.74, 6) is 2.76. The third-order valence-corrected chi connectivity index (χ3v) is 2.86. The minimum atomic E-state index is -1.34. The summed E-state index contributed by atoms with van der Waals surface area (Å²) in [5.41, 5.74) is 7.70. The lowest BCUT2D eigenvalue weighted by atomic mass is 10.1. The van der Waals surface area contributed by atoms with E-state index >= 15 is 0 Å². The molecule has 6 N–H and O–H groups in total. The molecule has 0 aliphatic carbocycles. The quantitative estimate of drug-likeness (QED) is 0.255. The average Bonchev–Trinajstić information content (AvgIpc) is 2.69. The smallest absolute Gasteiger partial charge is 0.250 e. The van der Waals surface area contributed by atoms with Gasteiger partial charge in [0.2, 0.25) is 23.5 Å². The lowest BCUT2D eigenvalue weighted by Gasteiger charge is -2.39. The normalized spacial score (nSPS) is 27.2. The highest BCUT2D eigenvalue weighted by Crippen LogP contribution is 2.23. The number of nitrogens with zero attached hydrogens (tertiary/aromatic N) is 1. The standard InChI is InChI=1S/C10H13N5O3/c11-9(18)6-3-4-10(14-12,13-5-6)15-7(16)1-2-8(15)17/h3-5,13-14H,1-2,12H2,(H2,11,18). The summed E-state index contributed by atoms with van der Waals surface area (Å²) in [6, 6.07) is 0. The van der Waals surface area contributed by atoms with Crippen molar-refractivity contribution in [2.75, 3.05) is 0 Å². The Labute approximate surface area is 103 Å². The molecule has 2 heterocycles. The van der Waals surface area contributed by atoms with E-state index in [0.29, 0.717) is 0 Å². The SMILES string of the molecule is NNC1(N2C(=O)CCC2=O)C=CC(C(N)=O)=CN1. The molecule has 0 bridgehead atoms. The Morgan fingerprint density at radius 3 is 2.39 bits per heavy atom. The van der Waals surface area contributed by atoms with Gasteiger partial charge in [-0.15, -0.1) is 0 Å². The van der Waals surface area contributed by atoms with E-state index in [1.54, 1.807) is 0 Å². The second-order valence-electron chi connectivity index (χ2n) is 3.98. The molecule has 1 atom stereocenters. The molecule has 2 rings (SSSR count). The van der Waals surface area contributed by atoms with Crippen molar-refractivity contribution in [1.29, 1.82) is 0 Å². The van der Waals surface area contributed by atoms with Gasteiger partial charge in [-0.2, -0.15) is 0 Å². The number of rotatable bonds is 3. The molecule has 0 aromatic heterocycles. The van der Waals surface area contributed by atoms with E-state index in [9.17, 15) is 14.4 Å². The fourth-order valence-corrected chi connectivity index (χ4v) is 1.91. The number of carbonyl (C=O) groups is 3. The number of nitrogens with two attached hydrogens (primary N) is 2. The number of dihydropyridines is 1. The first-order valence-electron chi connectivity index (χ1n) is 5.31. The third kappa shape index (κ3) is 1.77. The van der Waals surface area contributed by atoms with Crippen LogP contribution < -0.4 is 22.3 Å². The number of primary amides is 1. The Morgan fingerprint density at radius 1 is 1.39 bits per heavy atom. The zero-order valence-electron chi connectivity index (χ0n) is 9.47. The second kappa shape index (κ2) is 4.24. The van der Waals surface area contributed by atoms with Crippen molar-refractivity contribution in [3.05, 3.63) is 23.9 Å². The molecule has 1 saturated heterocycles. The van der Waals surface area contributed by atoms with Gasteiger partial charge >= 0.3 is 0 Å². The number of hydrogen-bond donors (Lipinski definition) is 4. The Hall–Kier alpha value is -2.19. The van der Waals surface area contributed by atoms with Crippen LogP contribution in [0.25, 0.3) is 0 Å². The number of imide groups is 1. The molecule has 0 aromatic rings. The van der Waals surface area contributed by atoms with Crippen LogP contribution in [0.4, 0.5) is 0 Å². The van der Waals surface area contributed by atoms with Gasteiger partial charge in [-0.3, -0.25) is 20.2 Å². The zero-order chi connectivity index (χ0) is 13.3. The largest absolute Gasteiger partial charge is 0.366 e. The predicted molar refractivity (Wildman–Crippen MR) is 60.7 cm³/mol. The molecule has 0 radical (unpaired) electrons. The lowest BCUT2D eigenvalue weighted by Crippen LogP contribution is -2.69. The van der Waals surface area contributed by atoms with Crippen LogP contribution in [0.5, 0.6) is 0 Å². The van der Waals surface area contributed by atoms with Gasteiger partial charge in [-0.1, -0.05) is 0 Å². The first kappa shape index (κ1) is 12.3. The maximum absolute atomic E-state index is 11.7. The Balaban J connectivity index is 2.30. The number of hydrazine groups is 1. The molecule has 2 aliphatic heterocycles. The topological polar surface area (TPSA) is 131 Å². The van der Waals surface area contributed by atoms with Crippen molar-refractivity contribution in [2.45, 2.75) is 18.6 Å². The van der Waals surface area contributed by atoms with Gasteiger partial charge in [-0.25, -0.2) is 10.3 Å². The molecule has 0 spiro atoms. The molecule has 3 amide bonds. The van der Waals surface area contributed by atoms with Gasteiger partial charge in [0, 0.05) is 19.0 Å². The van der Waals surface area contributed by atoms with Gasteiger partial charge in [0.25, 0.3) is 0 Å². The first-order chi connectivity index (χ1) is 8.50. The molecule has 8 heteroatoms. The van der Waals surface area contributed by atoms with Crippen molar-refractivity contribution in [3.63, 3.8) is 0 Å². The van der Waals surface area contributed by atoms with Crippen molar-refractivity contribution < 1.29 is 14.4 Å².